The zero-order valence-corrected chi connectivity index (χ0v) is 9.60. The van der Waals surface area contributed by atoms with E-state index in [0.717, 1.165) is 0 Å². The number of nitrogens with zero attached hydrogens (tertiary/aromatic N) is 4. The molecule has 0 aromatic carbocycles. The van der Waals surface area contributed by atoms with Crippen LogP contribution >= 0.6 is 34.8 Å². The summed E-state index contributed by atoms with van der Waals surface area (Å²) < 4.78 is 5.16. The van der Waals surface area contributed by atoms with E-state index in [1.165, 1.54) is 0 Å². The Labute approximate surface area is 99.4 Å². The molecule has 0 amide bonds. The molecule has 2 aromatic heterocycles. The van der Waals surface area contributed by atoms with Gasteiger partial charge in [0.15, 0.2) is 0 Å². The molecule has 2 aromatic rings. The highest BCUT2D eigenvalue weighted by atomic mass is 35.5. The van der Waals surface area contributed by atoms with Gasteiger partial charge in [0, 0.05) is 6.92 Å². The molecule has 0 N–H and O–H groups in total. The molecule has 8 heteroatoms. The van der Waals surface area contributed by atoms with Crippen LogP contribution in [0, 0.1) is 6.92 Å². The zero-order valence-electron chi connectivity index (χ0n) is 7.33. The second-order valence-corrected chi connectivity index (χ2v) is 3.63. The van der Waals surface area contributed by atoms with Crippen LogP contribution in [0.25, 0.3) is 11.5 Å². The van der Waals surface area contributed by atoms with Gasteiger partial charge in [-0.2, -0.15) is 0 Å². The molecular weight excluding hydrogens is 262 g/mol. The van der Waals surface area contributed by atoms with E-state index in [4.69, 9.17) is 39.2 Å². The first kappa shape index (κ1) is 10.6. The molecule has 0 bridgehead atoms. The van der Waals surface area contributed by atoms with Crippen LogP contribution < -0.4 is 0 Å². The van der Waals surface area contributed by atoms with E-state index in [9.17, 15) is 0 Å². The molecule has 0 unspecified atom stereocenters. The molecule has 0 spiro atoms. The van der Waals surface area contributed by atoms with Crippen LogP contribution in [0.4, 0.5) is 0 Å². The highest BCUT2D eigenvalue weighted by Gasteiger charge is 2.18. The Morgan fingerprint density at radius 1 is 1.00 bits per heavy atom. The summed E-state index contributed by atoms with van der Waals surface area (Å²) in [6.45, 7) is 1.65. The van der Waals surface area contributed by atoms with Crippen molar-refractivity contribution in [3.05, 3.63) is 21.5 Å². The standard InChI is InChI=1S/C7H3Cl3N4O/c1-2-13-14-6(15-2)3-4(8)11-7(10)12-5(3)9/h1H3. The van der Waals surface area contributed by atoms with Crippen molar-refractivity contribution in [2.75, 3.05) is 0 Å². The molecule has 2 heterocycles. The monoisotopic (exact) mass is 264 g/mol. The Bertz CT molecular complexity index is 490. The van der Waals surface area contributed by atoms with Gasteiger partial charge in [-0.05, 0) is 11.6 Å². The number of aryl methyl sites for hydroxylation is 1. The number of hydrogen-bond donors (Lipinski definition) is 0. The van der Waals surface area contributed by atoms with Crippen molar-refractivity contribution in [1.82, 2.24) is 20.2 Å². The summed E-state index contributed by atoms with van der Waals surface area (Å²) in [6, 6.07) is 0. The third-order valence-corrected chi connectivity index (χ3v) is 2.25. The molecule has 0 fully saturated rings. The van der Waals surface area contributed by atoms with Crippen LogP contribution in [0.2, 0.25) is 15.6 Å². The molecule has 5 nitrogen and oxygen atoms in total. The molecule has 2 rings (SSSR count). The molecule has 0 atom stereocenters. The van der Waals surface area contributed by atoms with Crippen LogP contribution in [0.5, 0.6) is 0 Å². The van der Waals surface area contributed by atoms with Crippen LogP contribution in [-0.4, -0.2) is 20.2 Å². The summed E-state index contributed by atoms with van der Waals surface area (Å²) in [6.07, 6.45) is 0. The Morgan fingerprint density at radius 3 is 2.07 bits per heavy atom. The minimum atomic E-state index is -0.0370. The van der Waals surface area contributed by atoms with E-state index in [1.54, 1.807) is 6.92 Å². The average Bonchev–Trinajstić information content (AvgIpc) is 2.49. The fraction of sp³-hybridized carbons (Fsp3) is 0.143. The third kappa shape index (κ3) is 2.04. The molecule has 0 aliphatic heterocycles. The molecule has 78 valence electrons. The van der Waals surface area contributed by atoms with Gasteiger partial charge in [-0.15, -0.1) is 10.2 Å². The Kier molecular flexibility index (Phi) is 2.77. The Balaban J connectivity index is 2.62. The quantitative estimate of drug-likeness (QED) is 0.586. The normalized spacial score (nSPS) is 10.7. The number of hydrogen-bond acceptors (Lipinski definition) is 5. The summed E-state index contributed by atoms with van der Waals surface area (Å²) in [5.74, 6) is 0.561. The lowest BCUT2D eigenvalue weighted by atomic mass is 10.3. The lowest BCUT2D eigenvalue weighted by molar-refractivity contribution is 0.532. The van der Waals surface area contributed by atoms with E-state index >= 15 is 0 Å². The highest BCUT2D eigenvalue weighted by Crippen LogP contribution is 2.31. The molecule has 0 radical (unpaired) electrons. The third-order valence-electron chi connectivity index (χ3n) is 1.53. The first-order valence-electron chi connectivity index (χ1n) is 3.77. The fourth-order valence-electron chi connectivity index (χ4n) is 0.958. The minimum Gasteiger partial charge on any atom is -0.421 e. The van der Waals surface area contributed by atoms with Gasteiger partial charge in [0.2, 0.25) is 11.2 Å². The van der Waals surface area contributed by atoms with Crippen molar-refractivity contribution in [3.63, 3.8) is 0 Å². The maximum absolute atomic E-state index is 5.83. The number of rotatable bonds is 1. The van der Waals surface area contributed by atoms with Crippen molar-refractivity contribution in [3.8, 4) is 11.5 Å². The first-order valence-corrected chi connectivity index (χ1v) is 4.90. The van der Waals surface area contributed by atoms with E-state index in [-0.39, 0.29) is 27.0 Å². The van der Waals surface area contributed by atoms with Gasteiger partial charge >= 0.3 is 0 Å². The summed E-state index contributed by atoms with van der Waals surface area (Å²) in [7, 11) is 0. The van der Waals surface area contributed by atoms with Crippen LogP contribution in [-0.2, 0) is 0 Å². The fourth-order valence-corrected chi connectivity index (χ4v) is 1.76. The maximum Gasteiger partial charge on any atom is 0.253 e. The molecule has 0 aliphatic rings. The van der Waals surface area contributed by atoms with Gasteiger partial charge in [-0.25, -0.2) is 9.97 Å². The second-order valence-electron chi connectivity index (χ2n) is 2.58. The maximum atomic E-state index is 5.83. The van der Waals surface area contributed by atoms with Gasteiger partial charge < -0.3 is 4.42 Å². The zero-order chi connectivity index (χ0) is 11.0. The SMILES string of the molecule is Cc1nnc(-c2c(Cl)nc(Cl)nc2Cl)o1. The average molecular weight is 265 g/mol. The largest absolute Gasteiger partial charge is 0.421 e. The van der Waals surface area contributed by atoms with Crippen LogP contribution in [0.3, 0.4) is 0 Å². The molecule has 0 saturated heterocycles. The molecule has 15 heavy (non-hydrogen) atoms. The van der Waals surface area contributed by atoms with E-state index in [2.05, 4.69) is 20.2 Å². The van der Waals surface area contributed by atoms with Crippen molar-refractivity contribution in [2.24, 2.45) is 0 Å². The van der Waals surface area contributed by atoms with Crippen molar-refractivity contribution in [1.29, 1.82) is 0 Å². The van der Waals surface area contributed by atoms with Crippen LogP contribution in [0.15, 0.2) is 4.42 Å². The second kappa shape index (κ2) is 3.92. The van der Waals surface area contributed by atoms with Crippen molar-refractivity contribution >= 4 is 34.8 Å². The van der Waals surface area contributed by atoms with Crippen molar-refractivity contribution < 1.29 is 4.42 Å². The lowest BCUT2D eigenvalue weighted by Crippen LogP contribution is -1.90. The molecule has 0 saturated carbocycles. The van der Waals surface area contributed by atoms with Gasteiger partial charge in [-0.1, -0.05) is 23.2 Å². The molecular formula is C7H3Cl3N4O. The summed E-state index contributed by atoms with van der Waals surface area (Å²) in [4.78, 5) is 7.46. The Morgan fingerprint density at radius 2 is 1.60 bits per heavy atom. The predicted molar refractivity (Wildman–Crippen MR) is 55.1 cm³/mol. The summed E-state index contributed by atoms with van der Waals surface area (Å²) in [5.41, 5.74) is 0.281. The number of aromatic nitrogens is 4. The minimum absolute atomic E-state index is 0.0370. The Hall–Kier alpha value is -0.910. The van der Waals surface area contributed by atoms with Crippen LogP contribution in [0.1, 0.15) is 5.89 Å². The molecule has 0 aliphatic carbocycles. The first-order chi connectivity index (χ1) is 7.08. The van der Waals surface area contributed by atoms with Crippen molar-refractivity contribution in [2.45, 2.75) is 6.92 Å². The summed E-state index contributed by atoms with van der Waals surface area (Å²) in [5, 5.41) is 7.51. The summed E-state index contributed by atoms with van der Waals surface area (Å²) >= 11 is 17.2. The highest BCUT2D eigenvalue weighted by molar-refractivity contribution is 6.38. The van der Waals surface area contributed by atoms with Gasteiger partial charge in [0.25, 0.3) is 5.89 Å². The smallest absolute Gasteiger partial charge is 0.253 e. The van der Waals surface area contributed by atoms with Gasteiger partial charge in [-0.3, -0.25) is 0 Å². The van der Waals surface area contributed by atoms with E-state index in [0.29, 0.717) is 5.89 Å². The van der Waals surface area contributed by atoms with Gasteiger partial charge in [0.1, 0.15) is 15.9 Å². The van der Waals surface area contributed by atoms with E-state index in [1.807, 2.05) is 0 Å². The lowest BCUT2D eigenvalue weighted by Gasteiger charge is -2.00. The van der Waals surface area contributed by atoms with E-state index < -0.39 is 0 Å². The number of halogens is 3. The predicted octanol–water partition coefficient (Wildman–Crippen LogP) is 2.80. The van der Waals surface area contributed by atoms with Gasteiger partial charge in [0.05, 0.1) is 0 Å². The topological polar surface area (TPSA) is 64.7 Å².